The minimum Gasteiger partial charge on any atom is -0.448 e. The maximum Gasteiger partial charge on any atom is 0.410 e. The van der Waals surface area contributed by atoms with Crippen LogP contribution in [0, 0.1) is 5.92 Å². The van der Waals surface area contributed by atoms with Crippen LogP contribution in [-0.2, 0) is 9.53 Å². The SMILES string of the molecule is O=C(Nc1ccc(Cl)cn1)c1sccc1NC(=O)C1CCC(N2CCOC2=O)CC1. The zero-order chi connectivity index (χ0) is 21.1. The highest BCUT2D eigenvalue weighted by atomic mass is 35.5. The second kappa shape index (κ2) is 9.01. The molecule has 0 unspecified atom stereocenters. The van der Waals surface area contributed by atoms with Gasteiger partial charge >= 0.3 is 6.09 Å². The maximum atomic E-state index is 12.8. The topological polar surface area (TPSA) is 101 Å². The smallest absolute Gasteiger partial charge is 0.410 e. The summed E-state index contributed by atoms with van der Waals surface area (Å²) in [4.78, 5) is 43.3. The summed E-state index contributed by atoms with van der Waals surface area (Å²) in [6.07, 6.45) is 4.12. The van der Waals surface area contributed by atoms with Crippen LogP contribution >= 0.6 is 22.9 Å². The van der Waals surface area contributed by atoms with Crippen molar-refractivity contribution in [1.29, 1.82) is 0 Å². The molecule has 1 aliphatic carbocycles. The summed E-state index contributed by atoms with van der Waals surface area (Å²) in [5.41, 5.74) is 0.488. The Hall–Kier alpha value is -2.65. The molecule has 0 spiro atoms. The Balaban J connectivity index is 1.33. The third kappa shape index (κ3) is 4.57. The molecule has 1 saturated carbocycles. The largest absolute Gasteiger partial charge is 0.448 e. The summed E-state index contributed by atoms with van der Waals surface area (Å²) in [5, 5.41) is 7.84. The van der Waals surface area contributed by atoms with Gasteiger partial charge in [-0.15, -0.1) is 11.3 Å². The van der Waals surface area contributed by atoms with Crippen molar-refractivity contribution in [3.8, 4) is 0 Å². The molecule has 2 aromatic heterocycles. The summed E-state index contributed by atoms with van der Waals surface area (Å²) in [5.74, 6) is -0.205. The van der Waals surface area contributed by atoms with E-state index in [-0.39, 0.29) is 29.9 Å². The van der Waals surface area contributed by atoms with E-state index in [2.05, 4.69) is 15.6 Å². The van der Waals surface area contributed by atoms with Crippen LogP contribution in [-0.4, -0.2) is 47.0 Å². The van der Waals surface area contributed by atoms with Gasteiger partial charge in [-0.2, -0.15) is 0 Å². The van der Waals surface area contributed by atoms with Crippen LogP contribution in [0.3, 0.4) is 0 Å². The van der Waals surface area contributed by atoms with E-state index >= 15 is 0 Å². The van der Waals surface area contributed by atoms with Crippen LogP contribution < -0.4 is 10.6 Å². The standard InChI is InChI=1S/C20H21ClN4O4S/c21-13-3-6-16(22-11-13)24-19(27)17-15(7-10-30-17)23-18(26)12-1-4-14(5-2-12)25-8-9-29-20(25)28/h3,6-7,10-12,14H,1-2,4-5,8-9H2,(H,23,26)(H,22,24,27). The monoisotopic (exact) mass is 448 g/mol. The van der Waals surface area contributed by atoms with E-state index in [0.29, 0.717) is 47.4 Å². The molecule has 158 valence electrons. The molecule has 30 heavy (non-hydrogen) atoms. The van der Waals surface area contributed by atoms with Gasteiger partial charge in [-0.3, -0.25) is 9.59 Å². The number of rotatable bonds is 5. The predicted octanol–water partition coefficient (Wildman–Crippen LogP) is 4.00. The average Bonchev–Trinajstić information content (AvgIpc) is 3.38. The number of hydrogen-bond donors (Lipinski definition) is 2. The van der Waals surface area contributed by atoms with Gasteiger partial charge in [-0.25, -0.2) is 9.78 Å². The highest BCUT2D eigenvalue weighted by molar-refractivity contribution is 7.12. The summed E-state index contributed by atoms with van der Waals surface area (Å²) < 4.78 is 5.01. The van der Waals surface area contributed by atoms with Crippen molar-refractivity contribution in [3.05, 3.63) is 39.7 Å². The van der Waals surface area contributed by atoms with Gasteiger partial charge in [0.2, 0.25) is 5.91 Å². The maximum absolute atomic E-state index is 12.8. The summed E-state index contributed by atoms with van der Waals surface area (Å²) in [6, 6.07) is 5.11. The van der Waals surface area contributed by atoms with Gasteiger partial charge in [0.15, 0.2) is 0 Å². The minimum absolute atomic E-state index is 0.102. The Bertz CT molecular complexity index is 941. The number of carbonyl (C=O) groups excluding carboxylic acids is 3. The molecular weight excluding hydrogens is 428 g/mol. The highest BCUT2D eigenvalue weighted by Gasteiger charge is 2.34. The third-order valence-electron chi connectivity index (χ3n) is 5.40. The van der Waals surface area contributed by atoms with Gasteiger partial charge in [0, 0.05) is 18.2 Å². The molecule has 1 saturated heterocycles. The fourth-order valence-electron chi connectivity index (χ4n) is 3.83. The first kappa shape index (κ1) is 20.6. The van der Waals surface area contributed by atoms with Gasteiger partial charge < -0.3 is 20.3 Å². The fraction of sp³-hybridized carbons (Fsp3) is 0.400. The number of carbonyl (C=O) groups is 3. The van der Waals surface area contributed by atoms with Crippen LogP contribution in [0.5, 0.6) is 0 Å². The van der Waals surface area contributed by atoms with E-state index in [1.54, 1.807) is 28.5 Å². The normalized spacial score (nSPS) is 21.2. The number of halogens is 1. The van der Waals surface area contributed by atoms with Crippen LogP contribution in [0.1, 0.15) is 35.4 Å². The highest BCUT2D eigenvalue weighted by Crippen LogP contribution is 2.31. The van der Waals surface area contributed by atoms with Gasteiger partial charge in [0.05, 0.1) is 17.3 Å². The number of cyclic esters (lactones) is 1. The molecule has 1 aliphatic heterocycles. The molecule has 2 aliphatic rings. The van der Waals surface area contributed by atoms with E-state index in [0.717, 1.165) is 12.8 Å². The molecular formula is C20H21ClN4O4S. The predicted molar refractivity (Wildman–Crippen MR) is 114 cm³/mol. The number of thiophene rings is 1. The molecule has 3 heterocycles. The first-order valence-electron chi connectivity index (χ1n) is 9.76. The molecule has 8 nitrogen and oxygen atoms in total. The Morgan fingerprint density at radius 1 is 1.17 bits per heavy atom. The van der Waals surface area contributed by atoms with Crippen LogP contribution in [0.2, 0.25) is 5.02 Å². The van der Waals surface area contributed by atoms with Gasteiger partial charge in [0.1, 0.15) is 17.3 Å². The van der Waals surface area contributed by atoms with Crippen molar-refractivity contribution in [1.82, 2.24) is 9.88 Å². The average molecular weight is 449 g/mol. The Morgan fingerprint density at radius 3 is 2.63 bits per heavy atom. The first-order valence-corrected chi connectivity index (χ1v) is 11.0. The lowest BCUT2D eigenvalue weighted by Crippen LogP contribution is -2.40. The number of hydrogen-bond acceptors (Lipinski definition) is 6. The number of ether oxygens (including phenoxy) is 1. The van der Waals surface area contributed by atoms with Crippen molar-refractivity contribution in [3.63, 3.8) is 0 Å². The second-order valence-corrected chi connectivity index (χ2v) is 8.63. The molecule has 2 fully saturated rings. The summed E-state index contributed by atoms with van der Waals surface area (Å²) in [6.45, 7) is 1.06. The van der Waals surface area contributed by atoms with Crippen molar-refractivity contribution in [2.45, 2.75) is 31.7 Å². The van der Waals surface area contributed by atoms with E-state index in [9.17, 15) is 14.4 Å². The lowest BCUT2D eigenvalue weighted by atomic mass is 9.85. The number of aromatic nitrogens is 1. The van der Waals surface area contributed by atoms with Gasteiger partial charge in [-0.1, -0.05) is 11.6 Å². The zero-order valence-corrected chi connectivity index (χ0v) is 17.7. The van der Waals surface area contributed by atoms with Gasteiger partial charge in [-0.05, 0) is 49.3 Å². The van der Waals surface area contributed by atoms with Gasteiger partial charge in [0.25, 0.3) is 5.91 Å². The van der Waals surface area contributed by atoms with Crippen molar-refractivity contribution >= 4 is 52.4 Å². The van der Waals surface area contributed by atoms with Crippen LogP contribution in [0.25, 0.3) is 0 Å². The molecule has 0 bridgehead atoms. The van der Waals surface area contributed by atoms with Crippen molar-refractivity contribution in [2.75, 3.05) is 23.8 Å². The summed E-state index contributed by atoms with van der Waals surface area (Å²) >= 11 is 7.06. The fourth-order valence-corrected chi connectivity index (χ4v) is 4.68. The first-order chi connectivity index (χ1) is 14.5. The Labute approximate surface area is 182 Å². The molecule has 2 N–H and O–H groups in total. The van der Waals surface area contributed by atoms with E-state index in [1.165, 1.54) is 17.5 Å². The molecule has 3 amide bonds. The van der Waals surface area contributed by atoms with Crippen LogP contribution in [0.15, 0.2) is 29.8 Å². The molecule has 0 radical (unpaired) electrons. The third-order valence-corrected chi connectivity index (χ3v) is 6.54. The lowest BCUT2D eigenvalue weighted by Gasteiger charge is -2.32. The van der Waals surface area contributed by atoms with E-state index in [1.807, 2.05) is 0 Å². The number of pyridine rings is 1. The molecule has 0 atom stereocenters. The molecule has 10 heteroatoms. The molecule has 2 aromatic rings. The summed E-state index contributed by atoms with van der Waals surface area (Å²) in [7, 11) is 0. The van der Waals surface area contributed by atoms with Crippen molar-refractivity contribution in [2.24, 2.45) is 5.92 Å². The molecule has 0 aromatic carbocycles. The number of anilines is 2. The molecule has 4 rings (SSSR count). The number of amides is 3. The number of nitrogens with one attached hydrogen (secondary N) is 2. The second-order valence-electron chi connectivity index (χ2n) is 7.28. The van der Waals surface area contributed by atoms with Crippen molar-refractivity contribution < 1.29 is 19.1 Å². The van der Waals surface area contributed by atoms with Crippen LogP contribution in [0.4, 0.5) is 16.3 Å². The quantitative estimate of drug-likeness (QED) is 0.720. The Kier molecular flexibility index (Phi) is 6.19. The lowest BCUT2D eigenvalue weighted by molar-refractivity contribution is -0.121. The Morgan fingerprint density at radius 2 is 1.97 bits per heavy atom. The van der Waals surface area contributed by atoms with E-state index in [4.69, 9.17) is 16.3 Å². The number of nitrogens with zero attached hydrogens (tertiary/aromatic N) is 2. The zero-order valence-electron chi connectivity index (χ0n) is 16.1. The minimum atomic E-state index is -0.341. The van der Waals surface area contributed by atoms with E-state index < -0.39 is 0 Å².